The van der Waals surface area contributed by atoms with E-state index in [-0.39, 0.29) is 5.82 Å². The topological polar surface area (TPSA) is 34.2 Å². The molecule has 1 aromatic carbocycles. The van der Waals surface area contributed by atoms with Gasteiger partial charge in [-0.3, -0.25) is 0 Å². The maximum atomic E-state index is 13.4. The van der Waals surface area contributed by atoms with E-state index in [9.17, 15) is 4.39 Å². The van der Waals surface area contributed by atoms with E-state index in [1.54, 1.807) is 0 Å². The number of pyridine rings is 1. The number of rotatable bonds is 6. The highest BCUT2D eigenvalue weighted by atomic mass is 19.1. The van der Waals surface area contributed by atoms with Gasteiger partial charge in [-0.25, -0.2) is 9.37 Å². The number of nitrogens with one attached hydrogen (secondary N) is 1. The van der Waals surface area contributed by atoms with Crippen LogP contribution in [0.4, 0.5) is 4.39 Å². The minimum absolute atomic E-state index is 0.346. The average molecular weight is 288 g/mol. The van der Waals surface area contributed by atoms with Gasteiger partial charge in [0.05, 0.1) is 6.20 Å². The lowest BCUT2D eigenvalue weighted by Crippen LogP contribution is -2.13. The van der Waals surface area contributed by atoms with Crippen LogP contribution in [-0.4, -0.2) is 11.5 Å². The molecule has 2 aromatic rings. The molecule has 0 aliphatic heterocycles. The van der Waals surface area contributed by atoms with Gasteiger partial charge in [-0.15, -0.1) is 0 Å². The van der Waals surface area contributed by atoms with Gasteiger partial charge in [0.25, 0.3) is 0 Å². The van der Waals surface area contributed by atoms with Crippen molar-refractivity contribution in [2.75, 3.05) is 6.54 Å². The number of hydrogen-bond donors (Lipinski definition) is 1. The van der Waals surface area contributed by atoms with Gasteiger partial charge in [-0.05, 0) is 30.2 Å². The Balaban J connectivity index is 2.31. The van der Waals surface area contributed by atoms with Crippen molar-refractivity contribution in [1.29, 1.82) is 0 Å². The number of hydrogen-bond acceptors (Lipinski definition) is 3. The summed E-state index contributed by atoms with van der Waals surface area (Å²) in [6, 6.07) is 9.32. The van der Waals surface area contributed by atoms with E-state index < -0.39 is 0 Å². The molecule has 0 radical (unpaired) electrons. The fourth-order valence-corrected chi connectivity index (χ4v) is 2.10. The molecule has 1 N–H and O–H groups in total. The number of ether oxygens (including phenoxy) is 1. The van der Waals surface area contributed by atoms with Gasteiger partial charge >= 0.3 is 0 Å². The molecule has 4 heteroatoms. The van der Waals surface area contributed by atoms with Gasteiger partial charge in [0.1, 0.15) is 11.6 Å². The molecule has 0 saturated heterocycles. The zero-order chi connectivity index (χ0) is 15.2. The lowest BCUT2D eigenvalue weighted by atomic mass is 10.0. The first-order valence-corrected chi connectivity index (χ1v) is 7.23. The van der Waals surface area contributed by atoms with Gasteiger partial charge < -0.3 is 10.1 Å². The van der Waals surface area contributed by atoms with E-state index in [0.717, 1.165) is 23.4 Å². The van der Waals surface area contributed by atoms with Gasteiger partial charge in [-0.2, -0.15) is 0 Å². The summed E-state index contributed by atoms with van der Waals surface area (Å²) in [6.45, 7) is 7.56. The van der Waals surface area contributed by atoms with Gasteiger partial charge in [0, 0.05) is 12.1 Å². The predicted molar refractivity (Wildman–Crippen MR) is 82.2 cm³/mol. The minimum atomic E-state index is -0.354. The van der Waals surface area contributed by atoms with Crippen molar-refractivity contribution in [3.8, 4) is 11.6 Å². The lowest BCUT2D eigenvalue weighted by molar-refractivity contribution is 0.441. The summed E-state index contributed by atoms with van der Waals surface area (Å²) in [5.41, 5.74) is 1.83. The standard InChI is InChI=1S/C17H21FN2O/c1-4-19-10-13-9-14(18)11-20-17(13)21-16-8-6-5-7-15(16)12(2)3/h5-9,11-12,19H,4,10H2,1-3H3. The molecule has 1 heterocycles. The molecule has 0 aliphatic rings. The Morgan fingerprint density at radius 2 is 2.05 bits per heavy atom. The molecular weight excluding hydrogens is 267 g/mol. The summed E-state index contributed by atoms with van der Waals surface area (Å²) in [4.78, 5) is 4.09. The summed E-state index contributed by atoms with van der Waals surface area (Å²) in [5, 5.41) is 3.17. The van der Waals surface area contributed by atoms with Crippen molar-refractivity contribution in [3.05, 3.63) is 53.5 Å². The monoisotopic (exact) mass is 288 g/mol. The molecule has 0 bridgehead atoms. The molecule has 1 aromatic heterocycles. The summed E-state index contributed by atoms with van der Waals surface area (Å²) in [6.07, 6.45) is 1.18. The fourth-order valence-electron chi connectivity index (χ4n) is 2.10. The van der Waals surface area contributed by atoms with Crippen LogP contribution in [-0.2, 0) is 6.54 Å². The Kier molecular flexibility index (Phi) is 5.28. The molecule has 2 rings (SSSR count). The van der Waals surface area contributed by atoms with Crippen LogP contribution in [0.2, 0.25) is 0 Å². The smallest absolute Gasteiger partial charge is 0.223 e. The molecule has 0 saturated carbocycles. The Bertz CT molecular complexity index is 599. The molecule has 112 valence electrons. The van der Waals surface area contributed by atoms with Gasteiger partial charge in [0.15, 0.2) is 0 Å². The Hall–Kier alpha value is -1.94. The highest BCUT2D eigenvalue weighted by molar-refractivity contribution is 5.39. The van der Waals surface area contributed by atoms with Crippen LogP contribution in [0.1, 0.15) is 37.8 Å². The van der Waals surface area contributed by atoms with Crippen LogP contribution in [0.3, 0.4) is 0 Å². The maximum Gasteiger partial charge on any atom is 0.223 e. The Labute approximate surface area is 125 Å². The Morgan fingerprint density at radius 1 is 1.29 bits per heavy atom. The third-order valence-electron chi connectivity index (χ3n) is 3.21. The average Bonchev–Trinajstić information content (AvgIpc) is 2.47. The van der Waals surface area contributed by atoms with Crippen molar-refractivity contribution in [2.24, 2.45) is 0 Å². The summed E-state index contributed by atoms with van der Waals surface area (Å²) >= 11 is 0. The van der Waals surface area contributed by atoms with E-state index in [1.807, 2.05) is 31.2 Å². The summed E-state index contributed by atoms with van der Waals surface area (Å²) < 4.78 is 19.3. The first-order chi connectivity index (χ1) is 10.1. The number of aromatic nitrogens is 1. The van der Waals surface area contributed by atoms with E-state index >= 15 is 0 Å². The summed E-state index contributed by atoms with van der Waals surface area (Å²) in [5.74, 6) is 1.21. The molecule has 0 amide bonds. The highest BCUT2D eigenvalue weighted by Gasteiger charge is 2.12. The molecular formula is C17H21FN2O. The van der Waals surface area contributed by atoms with Crippen molar-refractivity contribution < 1.29 is 9.13 Å². The second-order valence-corrected chi connectivity index (χ2v) is 5.19. The van der Waals surface area contributed by atoms with Crippen LogP contribution >= 0.6 is 0 Å². The normalized spacial score (nSPS) is 10.9. The third-order valence-corrected chi connectivity index (χ3v) is 3.21. The van der Waals surface area contributed by atoms with Crippen LogP contribution in [0.15, 0.2) is 36.5 Å². The molecule has 0 aliphatic carbocycles. The van der Waals surface area contributed by atoms with E-state index in [2.05, 4.69) is 24.1 Å². The minimum Gasteiger partial charge on any atom is -0.438 e. The van der Waals surface area contributed by atoms with Crippen LogP contribution in [0.25, 0.3) is 0 Å². The summed E-state index contributed by atoms with van der Waals surface area (Å²) in [7, 11) is 0. The fraction of sp³-hybridized carbons (Fsp3) is 0.353. The SMILES string of the molecule is CCNCc1cc(F)cnc1Oc1ccccc1C(C)C. The number of nitrogens with zero attached hydrogens (tertiary/aromatic N) is 1. The number of para-hydroxylation sites is 1. The molecule has 0 spiro atoms. The zero-order valence-corrected chi connectivity index (χ0v) is 12.7. The second-order valence-electron chi connectivity index (χ2n) is 5.19. The predicted octanol–water partition coefficient (Wildman–Crippen LogP) is 4.25. The lowest BCUT2D eigenvalue weighted by Gasteiger charge is -2.15. The van der Waals surface area contributed by atoms with Crippen LogP contribution in [0.5, 0.6) is 11.6 Å². The largest absolute Gasteiger partial charge is 0.438 e. The first kappa shape index (κ1) is 15.4. The molecule has 3 nitrogen and oxygen atoms in total. The van der Waals surface area contributed by atoms with Gasteiger partial charge in [0.2, 0.25) is 5.88 Å². The number of halogens is 1. The van der Waals surface area contributed by atoms with Crippen molar-refractivity contribution in [3.63, 3.8) is 0 Å². The maximum absolute atomic E-state index is 13.4. The quantitative estimate of drug-likeness (QED) is 0.863. The number of benzene rings is 1. The van der Waals surface area contributed by atoms with Gasteiger partial charge in [-0.1, -0.05) is 39.0 Å². The van der Waals surface area contributed by atoms with Crippen molar-refractivity contribution >= 4 is 0 Å². The van der Waals surface area contributed by atoms with E-state index in [0.29, 0.717) is 18.3 Å². The van der Waals surface area contributed by atoms with Crippen molar-refractivity contribution in [1.82, 2.24) is 10.3 Å². The van der Waals surface area contributed by atoms with Crippen LogP contribution < -0.4 is 10.1 Å². The third kappa shape index (κ3) is 4.02. The first-order valence-electron chi connectivity index (χ1n) is 7.23. The molecule has 0 unspecified atom stereocenters. The highest BCUT2D eigenvalue weighted by Crippen LogP contribution is 2.31. The molecule has 21 heavy (non-hydrogen) atoms. The Morgan fingerprint density at radius 3 is 2.76 bits per heavy atom. The zero-order valence-electron chi connectivity index (χ0n) is 12.7. The molecule has 0 atom stereocenters. The van der Waals surface area contributed by atoms with Crippen LogP contribution in [0, 0.1) is 5.82 Å². The van der Waals surface area contributed by atoms with E-state index in [4.69, 9.17) is 4.74 Å². The molecule has 0 fully saturated rings. The van der Waals surface area contributed by atoms with Crippen molar-refractivity contribution in [2.45, 2.75) is 33.2 Å². The second kappa shape index (κ2) is 7.18. The van der Waals surface area contributed by atoms with E-state index in [1.165, 1.54) is 12.3 Å².